The summed E-state index contributed by atoms with van der Waals surface area (Å²) in [5, 5.41) is 3.08. The second kappa shape index (κ2) is 13.5. The maximum absolute atomic E-state index is 14.1. The molecule has 0 unspecified atom stereocenters. The lowest BCUT2D eigenvalue weighted by Gasteiger charge is -2.32. The van der Waals surface area contributed by atoms with Gasteiger partial charge in [-0.15, -0.1) is 0 Å². The lowest BCUT2D eigenvalue weighted by Crippen LogP contribution is -2.52. The number of amides is 2. The van der Waals surface area contributed by atoms with Crippen molar-refractivity contribution in [1.29, 1.82) is 0 Å². The molecule has 1 atom stereocenters. The highest BCUT2D eigenvalue weighted by Crippen LogP contribution is 2.32. The average molecular weight is 643 g/mol. The first kappa shape index (κ1) is 30.6. The fourth-order valence-corrected chi connectivity index (χ4v) is 6.64. The molecule has 0 aromatic heterocycles. The van der Waals surface area contributed by atoms with Crippen LogP contribution in [-0.2, 0) is 26.2 Å². The molecular weight excluding hydrogens is 606 g/mol. The van der Waals surface area contributed by atoms with Gasteiger partial charge in [-0.1, -0.05) is 70.7 Å². The first-order valence-corrected chi connectivity index (χ1v) is 15.9. The Balaban J connectivity index is 1.71. The van der Waals surface area contributed by atoms with Crippen LogP contribution in [0.1, 0.15) is 43.7 Å². The van der Waals surface area contributed by atoms with E-state index in [1.165, 1.54) is 24.1 Å². The van der Waals surface area contributed by atoms with Gasteiger partial charge in [0.15, 0.2) is 0 Å². The van der Waals surface area contributed by atoms with Gasteiger partial charge in [0, 0.05) is 17.1 Å². The molecule has 41 heavy (non-hydrogen) atoms. The van der Waals surface area contributed by atoms with Gasteiger partial charge in [-0.2, -0.15) is 0 Å². The van der Waals surface area contributed by atoms with Crippen molar-refractivity contribution in [3.05, 3.63) is 88.4 Å². The second-order valence-corrected chi connectivity index (χ2v) is 13.1. The summed E-state index contributed by atoms with van der Waals surface area (Å²) in [5.74, 6) is -0.460. The van der Waals surface area contributed by atoms with Gasteiger partial charge in [0.05, 0.1) is 17.7 Å². The largest absolute Gasteiger partial charge is 0.495 e. The zero-order valence-corrected chi connectivity index (χ0v) is 25.9. The second-order valence-electron chi connectivity index (χ2n) is 10.3. The van der Waals surface area contributed by atoms with Gasteiger partial charge >= 0.3 is 0 Å². The number of carbonyl (C=O) groups excluding carboxylic acids is 2. The summed E-state index contributed by atoms with van der Waals surface area (Å²) in [4.78, 5) is 28.9. The lowest BCUT2D eigenvalue weighted by molar-refractivity contribution is -0.139. The predicted molar refractivity (Wildman–Crippen MR) is 163 cm³/mol. The molecule has 3 aromatic carbocycles. The normalized spacial score (nSPS) is 14.3. The molecule has 0 aliphatic heterocycles. The van der Waals surface area contributed by atoms with Gasteiger partial charge in [0.1, 0.15) is 18.3 Å². The van der Waals surface area contributed by atoms with E-state index >= 15 is 0 Å². The molecule has 3 aromatic rings. The van der Waals surface area contributed by atoms with Crippen LogP contribution in [0.2, 0.25) is 0 Å². The number of hydrogen-bond acceptors (Lipinski definition) is 5. The number of aryl methyl sites for hydroxylation is 1. The number of methoxy groups -OCH3 is 1. The minimum atomic E-state index is -4.18. The van der Waals surface area contributed by atoms with Crippen LogP contribution in [0.5, 0.6) is 5.75 Å². The van der Waals surface area contributed by atoms with E-state index in [-0.39, 0.29) is 29.1 Å². The Morgan fingerprint density at radius 1 is 1.00 bits per heavy atom. The third-order valence-corrected chi connectivity index (χ3v) is 9.68. The van der Waals surface area contributed by atoms with Crippen LogP contribution >= 0.6 is 15.9 Å². The molecule has 4 rings (SSSR count). The number of hydrogen-bond donors (Lipinski definition) is 1. The third kappa shape index (κ3) is 7.48. The summed E-state index contributed by atoms with van der Waals surface area (Å²) in [6, 6.07) is 19.9. The molecule has 10 heteroatoms. The Kier molecular flexibility index (Phi) is 10.1. The molecule has 1 saturated carbocycles. The summed E-state index contributed by atoms with van der Waals surface area (Å²) in [5.41, 5.74) is 1.95. The van der Waals surface area contributed by atoms with E-state index in [1.807, 2.05) is 31.2 Å². The predicted octanol–water partition coefficient (Wildman–Crippen LogP) is 5.44. The van der Waals surface area contributed by atoms with Gasteiger partial charge in [-0.05, 0) is 68.7 Å². The van der Waals surface area contributed by atoms with Crippen molar-refractivity contribution in [1.82, 2.24) is 10.2 Å². The molecule has 0 bridgehead atoms. The average Bonchev–Trinajstić information content (AvgIpc) is 3.48. The molecule has 8 nitrogen and oxygen atoms in total. The standard InChI is InChI=1S/C31H36BrN3O5S/c1-22-12-18-27(19-13-22)41(38,39)35(28-10-6-7-11-29(28)40-3)21-30(36)34(20-24-14-16-25(32)17-15-24)23(2)31(37)33-26-8-4-5-9-26/h6-7,10-19,23,26H,4-5,8-9,20-21H2,1-3H3,(H,33,37)/t23-/m1/s1. The fourth-order valence-electron chi connectivity index (χ4n) is 4.95. The topological polar surface area (TPSA) is 96.0 Å². The van der Waals surface area contributed by atoms with E-state index in [4.69, 9.17) is 4.74 Å². The van der Waals surface area contributed by atoms with E-state index in [2.05, 4.69) is 21.2 Å². The van der Waals surface area contributed by atoms with Gasteiger partial charge < -0.3 is 15.0 Å². The smallest absolute Gasteiger partial charge is 0.264 e. The number of para-hydroxylation sites is 2. The quantitative estimate of drug-likeness (QED) is 0.301. The van der Waals surface area contributed by atoms with Crippen molar-refractivity contribution in [2.75, 3.05) is 18.0 Å². The summed E-state index contributed by atoms with van der Waals surface area (Å²) >= 11 is 3.43. The summed E-state index contributed by atoms with van der Waals surface area (Å²) < 4.78 is 35.5. The number of rotatable bonds is 11. The molecule has 0 heterocycles. The maximum atomic E-state index is 14.1. The number of sulfonamides is 1. The molecule has 0 spiro atoms. The summed E-state index contributed by atoms with van der Waals surface area (Å²) in [7, 11) is -2.73. The molecule has 1 aliphatic rings. The molecule has 1 fully saturated rings. The van der Waals surface area contributed by atoms with Crippen molar-refractivity contribution in [2.24, 2.45) is 0 Å². The Morgan fingerprint density at radius 2 is 1.63 bits per heavy atom. The first-order chi connectivity index (χ1) is 19.6. The Morgan fingerprint density at radius 3 is 2.27 bits per heavy atom. The van der Waals surface area contributed by atoms with Crippen molar-refractivity contribution in [3.8, 4) is 5.75 Å². The van der Waals surface area contributed by atoms with Crippen molar-refractivity contribution in [3.63, 3.8) is 0 Å². The van der Waals surface area contributed by atoms with Gasteiger partial charge in [-0.25, -0.2) is 8.42 Å². The van der Waals surface area contributed by atoms with Crippen molar-refractivity contribution in [2.45, 2.75) is 63.1 Å². The number of benzene rings is 3. The monoisotopic (exact) mass is 641 g/mol. The van der Waals surface area contributed by atoms with Gasteiger partial charge in [-0.3, -0.25) is 13.9 Å². The fraction of sp³-hybridized carbons (Fsp3) is 0.355. The Labute approximate surface area is 250 Å². The highest BCUT2D eigenvalue weighted by atomic mass is 79.9. The number of nitrogens with zero attached hydrogens (tertiary/aromatic N) is 2. The number of halogens is 1. The number of anilines is 1. The highest BCUT2D eigenvalue weighted by Gasteiger charge is 2.34. The van der Waals surface area contributed by atoms with Crippen LogP contribution in [0.3, 0.4) is 0 Å². The lowest BCUT2D eigenvalue weighted by atomic mass is 10.1. The number of carbonyl (C=O) groups is 2. The molecule has 0 saturated heterocycles. The van der Waals surface area contributed by atoms with Crippen LogP contribution in [0.25, 0.3) is 0 Å². The molecule has 2 amide bonds. The maximum Gasteiger partial charge on any atom is 0.264 e. The van der Waals surface area contributed by atoms with Gasteiger partial charge in [0.25, 0.3) is 10.0 Å². The van der Waals surface area contributed by atoms with Crippen LogP contribution in [-0.4, -0.2) is 50.9 Å². The van der Waals surface area contributed by atoms with Crippen molar-refractivity contribution < 1.29 is 22.7 Å². The van der Waals surface area contributed by atoms with E-state index in [1.54, 1.807) is 43.3 Å². The minimum Gasteiger partial charge on any atom is -0.495 e. The Bertz CT molecular complexity index is 1460. The van der Waals surface area contributed by atoms with Crippen LogP contribution in [0.4, 0.5) is 5.69 Å². The van der Waals surface area contributed by atoms with Crippen LogP contribution in [0.15, 0.2) is 82.2 Å². The Hall–Kier alpha value is -3.37. The highest BCUT2D eigenvalue weighted by molar-refractivity contribution is 9.10. The zero-order valence-electron chi connectivity index (χ0n) is 23.5. The van der Waals surface area contributed by atoms with E-state index in [0.29, 0.717) is 5.75 Å². The minimum absolute atomic E-state index is 0.0493. The van der Waals surface area contributed by atoms with Crippen LogP contribution in [0, 0.1) is 6.92 Å². The molecule has 0 radical (unpaired) electrons. The molecular formula is C31H36BrN3O5S. The van der Waals surface area contributed by atoms with Gasteiger partial charge in [0.2, 0.25) is 11.8 Å². The van der Waals surface area contributed by atoms with Crippen molar-refractivity contribution >= 4 is 43.5 Å². The van der Waals surface area contributed by atoms with E-state index in [0.717, 1.165) is 45.6 Å². The zero-order chi connectivity index (χ0) is 29.6. The number of nitrogens with one attached hydrogen (secondary N) is 1. The molecule has 218 valence electrons. The number of ether oxygens (including phenoxy) is 1. The molecule has 1 N–H and O–H groups in total. The summed E-state index contributed by atoms with van der Waals surface area (Å²) in [6.45, 7) is 3.17. The first-order valence-electron chi connectivity index (χ1n) is 13.7. The van der Waals surface area contributed by atoms with E-state index < -0.39 is 28.5 Å². The third-order valence-electron chi connectivity index (χ3n) is 7.38. The van der Waals surface area contributed by atoms with E-state index in [9.17, 15) is 18.0 Å². The van der Waals surface area contributed by atoms with Crippen LogP contribution < -0.4 is 14.4 Å². The SMILES string of the molecule is COc1ccccc1N(CC(=O)N(Cc1ccc(Br)cc1)[C@H](C)C(=O)NC1CCCC1)S(=O)(=O)c1ccc(C)cc1. The summed E-state index contributed by atoms with van der Waals surface area (Å²) in [6.07, 6.45) is 3.95. The molecule has 1 aliphatic carbocycles.